The maximum Gasteiger partial charge on any atom is 0.316 e. The molecule has 0 saturated heterocycles. The topological polar surface area (TPSA) is 102 Å². The van der Waals surface area contributed by atoms with Crippen molar-refractivity contribution in [2.24, 2.45) is 5.73 Å². The molecule has 0 aliphatic heterocycles. The molecule has 0 radical (unpaired) electrons. The van der Waals surface area contributed by atoms with Crippen molar-refractivity contribution in [3.63, 3.8) is 0 Å². The average Bonchev–Trinajstić information content (AvgIpc) is 2.96. The quantitative estimate of drug-likeness (QED) is 0.663. The highest BCUT2D eigenvalue weighted by atomic mass is 16.2. The molecule has 0 fully saturated rings. The summed E-state index contributed by atoms with van der Waals surface area (Å²) in [6, 6.07) is 10.5. The normalized spacial score (nSPS) is 10.6. The Bertz CT molecular complexity index is 932. The molecule has 25 heavy (non-hydrogen) atoms. The predicted molar refractivity (Wildman–Crippen MR) is 95.1 cm³/mol. The van der Waals surface area contributed by atoms with Gasteiger partial charge in [0, 0.05) is 24.6 Å². The zero-order valence-corrected chi connectivity index (χ0v) is 13.8. The lowest BCUT2D eigenvalue weighted by Crippen LogP contribution is -2.25. The van der Waals surface area contributed by atoms with E-state index in [1.54, 1.807) is 18.2 Å². The standard InChI is InChI=1S/C18H19N5O2/c1-12-4-3-7-23-11-15(21-17(12)23)9-16(24)20-10-13-5-2-6-14(8-13)22-18(19)25/h2-8,11H,9-10H2,1H3,(H,20,24)(H3,19,22,25). The van der Waals surface area contributed by atoms with Crippen LogP contribution in [0.4, 0.5) is 10.5 Å². The van der Waals surface area contributed by atoms with Crippen molar-refractivity contribution in [2.45, 2.75) is 19.9 Å². The van der Waals surface area contributed by atoms with Gasteiger partial charge in [0.15, 0.2) is 0 Å². The van der Waals surface area contributed by atoms with Crippen molar-refractivity contribution in [1.29, 1.82) is 0 Å². The Balaban J connectivity index is 1.60. The van der Waals surface area contributed by atoms with Gasteiger partial charge in [0.2, 0.25) is 5.91 Å². The highest BCUT2D eigenvalue weighted by molar-refractivity contribution is 5.87. The number of nitrogens with one attached hydrogen (secondary N) is 2. The molecule has 0 saturated carbocycles. The van der Waals surface area contributed by atoms with Crippen LogP contribution in [-0.4, -0.2) is 21.3 Å². The molecule has 1 aromatic carbocycles. The Labute approximate surface area is 144 Å². The van der Waals surface area contributed by atoms with Gasteiger partial charge in [0.25, 0.3) is 0 Å². The first kappa shape index (κ1) is 16.5. The van der Waals surface area contributed by atoms with Crippen molar-refractivity contribution < 1.29 is 9.59 Å². The second kappa shape index (κ2) is 7.04. The van der Waals surface area contributed by atoms with E-state index in [9.17, 15) is 9.59 Å². The van der Waals surface area contributed by atoms with Crippen LogP contribution in [0.1, 0.15) is 16.8 Å². The molecular formula is C18H19N5O2. The van der Waals surface area contributed by atoms with Crippen LogP contribution >= 0.6 is 0 Å². The lowest BCUT2D eigenvalue weighted by atomic mass is 10.2. The molecule has 0 aliphatic rings. The molecule has 0 aliphatic carbocycles. The summed E-state index contributed by atoms with van der Waals surface area (Å²) in [5, 5.41) is 5.36. The summed E-state index contributed by atoms with van der Waals surface area (Å²) >= 11 is 0. The van der Waals surface area contributed by atoms with E-state index in [1.807, 2.05) is 41.9 Å². The van der Waals surface area contributed by atoms with Gasteiger partial charge in [0.05, 0.1) is 12.1 Å². The molecule has 7 heteroatoms. The Kier molecular flexibility index (Phi) is 4.65. The minimum absolute atomic E-state index is 0.116. The number of urea groups is 1. The number of amides is 3. The van der Waals surface area contributed by atoms with Gasteiger partial charge in [-0.2, -0.15) is 0 Å². The summed E-state index contributed by atoms with van der Waals surface area (Å²) in [5.74, 6) is -0.116. The molecule has 0 atom stereocenters. The van der Waals surface area contributed by atoms with E-state index in [1.165, 1.54) is 0 Å². The van der Waals surface area contributed by atoms with Crippen LogP contribution in [0, 0.1) is 6.92 Å². The van der Waals surface area contributed by atoms with Crippen molar-refractivity contribution in [3.05, 3.63) is 65.6 Å². The monoisotopic (exact) mass is 337 g/mol. The highest BCUT2D eigenvalue weighted by Crippen LogP contribution is 2.12. The maximum absolute atomic E-state index is 12.2. The van der Waals surface area contributed by atoms with Gasteiger partial charge in [-0.3, -0.25) is 4.79 Å². The van der Waals surface area contributed by atoms with E-state index < -0.39 is 6.03 Å². The number of hydrogen-bond donors (Lipinski definition) is 3. The summed E-state index contributed by atoms with van der Waals surface area (Å²) < 4.78 is 1.91. The van der Waals surface area contributed by atoms with Crippen molar-refractivity contribution in [3.8, 4) is 0 Å². The van der Waals surface area contributed by atoms with Gasteiger partial charge in [0.1, 0.15) is 5.65 Å². The number of aryl methyl sites for hydroxylation is 1. The van der Waals surface area contributed by atoms with Gasteiger partial charge >= 0.3 is 6.03 Å². The predicted octanol–water partition coefficient (Wildman–Crippen LogP) is 1.99. The van der Waals surface area contributed by atoms with E-state index in [-0.39, 0.29) is 12.3 Å². The highest BCUT2D eigenvalue weighted by Gasteiger charge is 2.09. The van der Waals surface area contributed by atoms with Crippen LogP contribution in [-0.2, 0) is 17.8 Å². The first-order valence-corrected chi connectivity index (χ1v) is 7.86. The molecule has 7 nitrogen and oxygen atoms in total. The number of primary amides is 1. The molecule has 128 valence electrons. The van der Waals surface area contributed by atoms with Crippen molar-refractivity contribution >= 4 is 23.3 Å². The number of imidazole rings is 1. The molecular weight excluding hydrogens is 318 g/mol. The molecule has 3 amide bonds. The van der Waals surface area contributed by atoms with Crippen molar-refractivity contribution in [1.82, 2.24) is 14.7 Å². The zero-order chi connectivity index (χ0) is 17.8. The van der Waals surface area contributed by atoms with Gasteiger partial charge in [-0.15, -0.1) is 0 Å². The lowest BCUT2D eigenvalue weighted by molar-refractivity contribution is -0.120. The molecule has 2 heterocycles. The number of rotatable bonds is 5. The molecule has 0 spiro atoms. The summed E-state index contributed by atoms with van der Waals surface area (Å²) in [4.78, 5) is 27.5. The van der Waals surface area contributed by atoms with Gasteiger partial charge < -0.3 is 20.8 Å². The van der Waals surface area contributed by atoms with Gasteiger partial charge in [-0.25, -0.2) is 9.78 Å². The Morgan fingerprint density at radius 1 is 1.24 bits per heavy atom. The van der Waals surface area contributed by atoms with Crippen LogP contribution in [0.5, 0.6) is 0 Å². The fraction of sp³-hybridized carbons (Fsp3) is 0.167. The second-order valence-corrected chi connectivity index (χ2v) is 5.80. The summed E-state index contributed by atoms with van der Waals surface area (Å²) in [6.45, 7) is 2.35. The fourth-order valence-electron chi connectivity index (χ4n) is 2.62. The van der Waals surface area contributed by atoms with Crippen molar-refractivity contribution in [2.75, 3.05) is 5.32 Å². The molecule has 2 aromatic heterocycles. The smallest absolute Gasteiger partial charge is 0.316 e. The van der Waals surface area contributed by atoms with E-state index in [0.717, 1.165) is 22.5 Å². The minimum Gasteiger partial charge on any atom is -0.352 e. The molecule has 3 aromatic rings. The number of carbonyl (C=O) groups is 2. The Hall–Kier alpha value is -3.35. The number of anilines is 1. The first-order chi connectivity index (χ1) is 12.0. The SMILES string of the molecule is Cc1cccn2cc(CC(=O)NCc3cccc(NC(N)=O)c3)nc12. The molecule has 3 rings (SSSR count). The summed E-state index contributed by atoms with van der Waals surface area (Å²) in [7, 11) is 0. The zero-order valence-electron chi connectivity index (χ0n) is 13.8. The second-order valence-electron chi connectivity index (χ2n) is 5.80. The Morgan fingerprint density at radius 3 is 2.84 bits per heavy atom. The van der Waals surface area contributed by atoms with E-state index in [0.29, 0.717) is 12.2 Å². The minimum atomic E-state index is -0.622. The van der Waals surface area contributed by atoms with E-state index >= 15 is 0 Å². The fourth-order valence-corrected chi connectivity index (χ4v) is 2.62. The number of aromatic nitrogens is 2. The number of hydrogen-bond acceptors (Lipinski definition) is 3. The number of pyridine rings is 1. The Morgan fingerprint density at radius 2 is 2.08 bits per heavy atom. The van der Waals surface area contributed by atoms with E-state index in [4.69, 9.17) is 5.73 Å². The lowest BCUT2D eigenvalue weighted by Gasteiger charge is -2.07. The number of nitrogens with zero attached hydrogens (tertiary/aromatic N) is 2. The molecule has 0 unspecified atom stereocenters. The van der Waals surface area contributed by atoms with E-state index in [2.05, 4.69) is 15.6 Å². The number of carbonyl (C=O) groups excluding carboxylic acids is 2. The largest absolute Gasteiger partial charge is 0.352 e. The van der Waals surface area contributed by atoms with Gasteiger partial charge in [-0.05, 0) is 36.2 Å². The molecule has 4 N–H and O–H groups in total. The maximum atomic E-state index is 12.2. The summed E-state index contributed by atoms with van der Waals surface area (Å²) in [6.07, 6.45) is 3.98. The third-order valence-electron chi connectivity index (χ3n) is 3.75. The average molecular weight is 337 g/mol. The third-order valence-corrected chi connectivity index (χ3v) is 3.75. The van der Waals surface area contributed by atoms with Crippen LogP contribution < -0.4 is 16.4 Å². The molecule has 0 bridgehead atoms. The van der Waals surface area contributed by atoms with Crippen LogP contribution in [0.25, 0.3) is 5.65 Å². The first-order valence-electron chi connectivity index (χ1n) is 7.86. The summed E-state index contributed by atoms with van der Waals surface area (Å²) in [5.41, 5.74) is 9.19. The number of nitrogens with two attached hydrogens (primary N) is 1. The van der Waals surface area contributed by atoms with Gasteiger partial charge in [-0.1, -0.05) is 18.2 Å². The number of benzene rings is 1. The van der Waals surface area contributed by atoms with Crippen LogP contribution in [0.2, 0.25) is 0 Å². The van der Waals surface area contributed by atoms with Crippen LogP contribution in [0.3, 0.4) is 0 Å². The number of fused-ring (bicyclic) bond motifs is 1. The van der Waals surface area contributed by atoms with Crippen LogP contribution in [0.15, 0.2) is 48.8 Å². The third kappa shape index (κ3) is 4.14.